The third-order valence-corrected chi connectivity index (χ3v) is 3.74. The smallest absolute Gasteiger partial charge is 0.246 e. The minimum Gasteiger partial charge on any atom is -0.324 e. The maximum absolute atomic E-state index is 12.1. The summed E-state index contributed by atoms with van der Waals surface area (Å²) < 4.78 is 0. The molecule has 0 aromatic heterocycles. The number of hydrogen-bond acceptors (Lipinski definition) is 3. The van der Waals surface area contributed by atoms with Gasteiger partial charge in [0.05, 0.1) is 0 Å². The van der Waals surface area contributed by atoms with Crippen molar-refractivity contribution in [3.8, 4) is 0 Å². The summed E-state index contributed by atoms with van der Waals surface area (Å²) in [5.41, 5.74) is 0. The quantitative estimate of drug-likeness (QED) is 0.585. The second-order valence-corrected chi connectivity index (χ2v) is 5.28. The Bertz CT molecular complexity index is 330. The van der Waals surface area contributed by atoms with E-state index in [0.717, 1.165) is 12.8 Å². The fourth-order valence-electron chi connectivity index (χ4n) is 2.76. The lowest BCUT2D eigenvalue weighted by Crippen LogP contribution is -2.53. The summed E-state index contributed by atoms with van der Waals surface area (Å²) in [5, 5.41) is 2.21. The van der Waals surface area contributed by atoms with Crippen molar-refractivity contribution in [3.05, 3.63) is 0 Å². The van der Waals surface area contributed by atoms with Crippen LogP contribution in [0.15, 0.2) is 0 Å². The predicted octanol–water partition coefficient (Wildman–Crippen LogP) is 0.832. The van der Waals surface area contributed by atoms with Crippen LogP contribution in [0.4, 0.5) is 0 Å². The van der Waals surface area contributed by atoms with Crippen LogP contribution in [0.2, 0.25) is 0 Å². The first-order valence-corrected chi connectivity index (χ1v) is 6.75. The third-order valence-electron chi connectivity index (χ3n) is 3.74. The summed E-state index contributed by atoms with van der Waals surface area (Å²) in [4.78, 5) is 35.9. The molecule has 1 aliphatic heterocycles. The van der Waals surface area contributed by atoms with Gasteiger partial charge in [0.1, 0.15) is 13.1 Å². The van der Waals surface area contributed by atoms with Gasteiger partial charge in [-0.05, 0) is 18.8 Å². The van der Waals surface area contributed by atoms with Crippen molar-refractivity contribution in [2.75, 3.05) is 13.1 Å². The van der Waals surface area contributed by atoms with Crippen molar-refractivity contribution in [2.45, 2.75) is 44.9 Å². The molecule has 0 bridgehead atoms. The van der Waals surface area contributed by atoms with Gasteiger partial charge in [-0.3, -0.25) is 19.7 Å². The normalized spacial score (nSPS) is 22.6. The van der Waals surface area contributed by atoms with Crippen molar-refractivity contribution in [2.24, 2.45) is 5.92 Å². The number of amides is 3. The average molecular weight is 252 g/mol. The zero-order valence-corrected chi connectivity index (χ0v) is 10.6. The standard InChI is InChI=1S/C13H20N2O3/c16-11-8-15(9-12(17)14-11)13(18)7-10-5-3-1-2-4-6-10/h10H,1-9H2,(H,14,16,17). The van der Waals surface area contributed by atoms with E-state index in [9.17, 15) is 14.4 Å². The van der Waals surface area contributed by atoms with Crippen LogP contribution < -0.4 is 5.32 Å². The zero-order chi connectivity index (χ0) is 13.0. The molecule has 1 saturated carbocycles. The van der Waals surface area contributed by atoms with E-state index >= 15 is 0 Å². The number of rotatable bonds is 2. The molecule has 0 aromatic carbocycles. The van der Waals surface area contributed by atoms with Gasteiger partial charge in [0, 0.05) is 6.42 Å². The van der Waals surface area contributed by atoms with Crippen LogP contribution in [0.5, 0.6) is 0 Å². The molecule has 5 nitrogen and oxygen atoms in total. The summed E-state index contributed by atoms with van der Waals surface area (Å²) in [5.74, 6) is -0.369. The van der Waals surface area contributed by atoms with Crippen molar-refractivity contribution in [1.82, 2.24) is 10.2 Å². The summed E-state index contributed by atoms with van der Waals surface area (Å²) in [6.07, 6.45) is 7.58. The molecule has 3 amide bonds. The fraction of sp³-hybridized carbons (Fsp3) is 0.769. The lowest BCUT2D eigenvalue weighted by molar-refractivity contribution is -0.145. The number of carbonyl (C=O) groups excluding carboxylic acids is 3. The lowest BCUT2D eigenvalue weighted by atomic mass is 9.96. The second kappa shape index (κ2) is 5.98. The first-order chi connectivity index (χ1) is 8.65. The molecule has 0 aromatic rings. The van der Waals surface area contributed by atoms with Crippen molar-refractivity contribution in [1.29, 1.82) is 0 Å². The average Bonchev–Trinajstić information content (AvgIpc) is 2.56. The Labute approximate surface area is 107 Å². The van der Waals surface area contributed by atoms with Gasteiger partial charge in [0.2, 0.25) is 17.7 Å². The van der Waals surface area contributed by atoms with Gasteiger partial charge in [-0.2, -0.15) is 0 Å². The minimum atomic E-state index is -0.375. The number of piperazine rings is 1. The fourth-order valence-corrected chi connectivity index (χ4v) is 2.76. The molecule has 1 N–H and O–H groups in total. The van der Waals surface area contributed by atoms with Crippen LogP contribution in [0, 0.1) is 5.92 Å². The zero-order valence-electron chi connectivity index (χ0n) is 10.6. The van der Waals surface area contributed by atoms with Crippen LogP contribution in [0.25, 0.3) is 0 Å². The number of hydrogen-bond donors (Lipinski definition) is 1. The SMILES string of the molecule is O=C1CN(C(=O)CC2CCCCCC2)CC(=O)N1. The van der Waals surface area contributed by atoms with Crippen LogP contribution in [0.1, 0.15) is 44.9 Å². The number of carbonyl (C=O) groups is 3. The van der Waals surface area contributed by atoms with Gasteiger partial charge in [-0.15, -0.1) is 0 Å². The van der Waals surface area contributed by atoms with Crippen LogP contribution in [0.3, 0.4) is 0 Å². The molecule has 2 aliphatic rings. The van der Waals surface area contributed by atoms with Gasteiger partial charge in [0.25, 0.3) is 0 Å². The molecule has 0 spiro atoms. The lowest BCUT2D eigenvalue weighted by Gasteiger charge is -2.27. The Hall–Kier alpha value is -1.39. The Kier molecular flexibility index (Phi) is 4.33. The molecule has 0 radical (unpaired) electrons. The molecular weight excluding hydrogens is 232 g/mol. The predicted molar refractivity (Wildman–Crippen MR) is 65.5 cm³/mol. The molecule has 2 rings (SSSR count). The Morgan fingerprint density at radius 1 is 1.06 bits per heavy atom. The van der Waals surface area contributed by atoms with Crippen molar-refractivity contribution < 1.29 is 14.4 Å². The van der Waals surface area contributed by atoms with Gasteiger partial charge in [0.15, 0.2) is 0 Å². The largest absolute Gasteiger partial charge is 0.324 e. The van der Waals surface area contributed by atoms with Crippen LogP contribution >= 0.6 is 0 Å². The monoisotopic (exact) mass is 252 g/mol. The van der Waals surface area contributed by atoms with Gasteiger partial charge in [-0.25, -0.2) is 0 Å². The highest BCUT2D eigenvalue weighted by Gasteiger charge is 2.27. The molecule has 1 heterocycles. The van der Waals surface area contributed by atoms with E-state index in [1.54, 1.807) is 0 Å². The summed E-state index contributed by atoms with van der Waals surface area (Å²) in [6, 6.07) is 0. The molecule has 18 heavy (non-hydrogen) atoms. The van der Waals surface area contributed by atoms with Crippen LogP contribution in [-0.2, 0) is 14.4 Å². The van der Waals surface area contributed by atoms with Gasteiger partial charge < -0.3 is 4.90 Å². The Morgan fingerprint density at radius 2 is 1.61 bits per heavy atom. The topological polar surface area (TPSA) is 66.5 Å². The van der Waals surface area contributed by atoms with E-state index in [-0.39, 0.29) is 30.8 Å². The maximum Gasteiger partial charge on any atom is 0.246 e. The maximum atomic E-state index is 12.1. The highest BCUT2D eigenvalue weighted by atomic mass is 16.2. The molecule has 1 aliphatic carbocycles. The Morgan fingerprint density at radius 3 is 2.17 bits per heavy atom. The molecule has 2 fully saturated rings. The van der Waals surface area contributed by atoms with E-state index in [4.69, 9.17) is 0 Å². The van der Waals surface area contributed by atoms with Gasteiger partial charge in [-0.1, -0.05) is 25.7 Å². The summed E-state index contributed by atoms with van der Waals surface area (Å²) >= 11 is 0. The third kappa shape index (κ3) is 3.55. The first kappa shape index (κ1) is 13.1. The number of imide groups is 1. The van der Waals surface area contributed by atoms with E-state index in [1.807, 2.05) is 0 Å². The number of nitrogens with one attached hydrogen (secondary N) is 1. The van der Waals surface area contributed by atoms with E-state index < -0.39 is 0 Å². The first-order valence-electron chi connectivity index (χ1n) is 6.75. The van der Waals surface area contributed by atoms with Crippen LogP contribution in [-0.4, -0.2) is 35.7 Å². The molecular formula is C13H20N2O3. The highest BCUT2D eigenvalue weighted by Crippen LogP contribution is 2.26. The molecule has 1 saturated heterocycles. The Balaban J connectivity index is 1.86. The molecule has 0 unspecified atom stereocenters. The van der Waals surface area contributed by atoms with E-state index in [1.165, 1.54) is 30.6 Å². The highest BCUT2D eigenvalue weighted by molar-refractivity contribution is 6.02. The summed E-state index contributed by atoms with van der Waals surface area (Å²) in [7, 11) is 0. The molecule has 100 valence electrons. The number of nitrogens with zero attached hydrogens (tertiary/aromatic N) is 1. The van der Waals surface area contributed by atoms with Gasteiger partial charge >= 0.3 is 0 Å². The second-order valence-electron chi connectivity index (χ2n) is 5.28. The minimum absolute atomic E-state index is 0.0251. The van der Waals surface area contributed by atoms with E-state index in [0.29, 0.717) is 12.3 Å². The van der Waals surface area contributed by atoms with Crippen molar-refractivity contribution >= 4 is 17.7 Å². The summed E-state index contributed by atoms with van der Waals surface area (Å²) in [6.45, 7) is 0.0502. The van der Waals surface area contributed by atoms with E-state index in [2.05, 4.69) is 5.32 Å². The molecule has 5 heteroatoms. The van der Waals surface area contributed by atoms with Crippen molar-refractivity contribution in [3.63, 3.8) is 0 Å². The molecule has 0 atom stereocenters.